The maximum Gasteiger partial charge on any atom is 0.243 e. The highest BCUT2D eigenvalue weighted by Crippen LogP contribution is 2.19. The molecule has 0 spiro atoms. The Hall–Kier alpha value is -2.65. The highest BCUT2D eigenvalue weighted by Gasteiger charge is 2.28. The van der Waals surface area contributed by atoms with Crippen LogP contribution in [-0.4, -0.2) is 56.9 Å². The van der Waals surface area contributed by atoms with Crippen LogP contribution < -0.4 is 0 Å². The highest BCUT2D eigenvalue weighted by molar-refractivity contribution is 7.89. The molecule has 3 rings (SSSR count). The molecule has 0 aliphatic heterocycles. The predicted octanol–water partition coefficient (Wildman–Crippen LogP) is 4.15. The van der Waals surface area contributed by atoms with Gasteiger partial charge in [0.2, 0.25) is 15.9 Å². The normalized spacial score (nSPS) is 11.6. The molecule has 1 amide bonds. The van der Waals surface area contributed by atoms with E-state index in [1.54, 1.807) is 4.90 Å². The molecular formula is C25H29ClN2O5S. The number of aryl methyl sites for hydroxylation is 1. The van der Waals surface area contributed by atoms with Crippen LogP contribution in [0.5, 0.6) is 0 Å². The Morgan fingerprint density at radius 2 is 1.71 bits per heavy atom. The van der Waals surface area contributed by atoms with Gasteiger partial charge in [0.05, 0.1) is 24.6 Å². The van der Waals surface area contributed by atoms with Crippen LogP contribution in [0.3, 0.4) is 0 Å². The first-order chi connectivity index (χ1) is 16.3. The zero-order chi connectivity index (χ0) is 24.6. The lowest BCUT2D eigenvalue weighted by Crippen LogP contribution is -2.44. The summed E-state index contributed by atoms with van der Waals surface area (Å²) < 4.78 is 38.5. The van der Waals surface area contributed by atoms with Gasteiger partial charge in [0, 0.05) is 25.2 Å². The average molecular weight is 505 g/mol. The van der Waals surface area contributed by atoms with Gasteiger partial charge in [-0.25, -0.2) is 8.42 Å². The lowest BCUT2D eigenvalue weighted by Gasteiger charge is -2.27. The minimum atomic E-state index is -3.93. The predicted molar refractivity (Wildman–Crippen MR) is 131 cm³/mol. The molecular weight excluding hydrogens is 476 g/mol. The van der Waals surface area contributed by atoms with Crippen molar-refractivity contribution in [2.75, 3.05) is 33.4 Å². The molecule has 0 bridgehead atoms. The summed E-state index contributed by atoms with van der Waals surface area (Å²) >= 11 is 5.92. The lowest BCUT2D eigenvalue weighted by molar-refractivity contribution is -0.132. The van der Waals surface area contributed by atoms with E-state index < -0.39 is 10.0 Å². The maximum absolute atomic E-state index is 13.4. The van der Waals surface area contributed by atoms with Crippen LogP contribution in [0, 0.1) is 6.92 Å². The fraction of sp³-hybridized carbons (Fsp3) is 0.320. The fourth-order valence-electron chi connectivity index (χ4n) is 3.44. The summed E-state index contributed by atoms with van der Waals surface area (Å²) in [5.41, 5.74) is 1.08. The number of halogens is 1. The number of amides is 1. The molecule has 0 aliphatic carbocycles. The first kappa shape index (κ1) is 26.0. The summed E-state index contributed by atoms with van der Waals surface area (Å²) in [5, 5.41) is 0.430. The van der Waals surface area contributed by atoms with Crippen LogP contribution >= 0.6 is 11.6 Å². The molecule has 9 heteroatoms. The number of methoxy groups -OCH3 is 1. The van der Waals surface area contributed by atoms with E-state index in [1.807, 2.05) is 49.4 Å². The van der Waals surface area contributed by atoms with Gasteiger partial charge in [0.15, 0.2) is 0 Å². The summed E-state index contributed by atoms with van der Waals surface area (Å²) in [4.78, 5) is 15.1. The first-order valence-corrected chi connectivity index (χ1v) is 12.7. The van der Waals surface area contributed by atoms with Crippen LogP contribution in [0.2, 0.25) is 5.02 Å². The molecule has 2 aromatic carbocycles. The summed E-state index contributed by atoms with van der Waals surface area (Å²) in [6.45, 7) is 2.38. The molecule has 0 N–H and O–H groups in total. The van der Waals surface area contributed by atoms with E-state index >= 15 is 0 Å². The molecule has 0 atom stereocenters. The van der Waals surface area contributed by atoms with E-state index in [0.29, 0.717) is 23.7 Å². The van der Waals surface area contributed by atoms with E-state index in [1.165, 1.54) is 31.4 Å². The molecule has 0 aliphatic rings. The largest absolute Gasteiger partial charge is 0.464 e. The van der Waals surface area contributed by atoms with Crippen molar-refractivity contribution in [3.63, 3.8) is 0 Å². The summed E-state index contributed by atoms with van der Waals surface area (Å²) in [6, 6.07) is 19.4. The maximum atomic E-state index is 13.4. The van der Waals surface area contributed by atoms with Crippen molar-refractivity contribution in [1.29, 1.82) is 0 Å². The van der Waals surface area contributed by atoms with Crippen molar-refractivity contribution in [2.24, 2.45) is 0 Å². The number of nitrogens with zero attached hydrogens (tertiary/aromatic N) is 2. The van der Waals surface area contributed by atoms with E-state index in [0.717, 1.165) is 15.6 Å². The Kier molecular flexibility index (Phi) is 9.29. The van der Waals surface area contributed by atoms with Gasteiger partial charge < -0.3 is 14.1 Å². The minimum Gasteiger partial charge on any atom is -0.464 e. The van der Waals surface area contributed by atoms with Gasteiger partial charge in [0.1, 0.15) is 11.5 Å². The molecule has 1 heterocycles. The smallest absolute Gasteiger partial charge is 0.243 e. The summed E-state index contributed by atoms with van der Waals surface area (Å²) in [6.07, 6.45) is 0.633. The third-order valence-corrected chi connectivity index (χ3v) is 7.43. The van der Waals surface area contributed by atoms with Crippen LogP contribution in [0.1, 0.15) is 17.1 Å². The fourth-order valence-corrected chi connectivity index (χ4v) is 4.94. The van der Waals surface area contributed by atoms with Crippen molar-refractivity contribution in [2.45, 2.75) is 24.8 Å². The van der Waals surface area contributed by atoms with E-state index in [-0.39, 0.29) is 37.0 Å². The van der Waals surface area contributed by atoms with Crippen LogP contribution in [0.15, 0.2) is 76.0 Å². The van der Waals surface area contributed by atoms with Crippen molar-refractivity contribution in [1.82, 2.24) is 9.21 Å². The third-order valence-electron chi connectivity index (χ3n) is 5.32. The molecule has 0 saturated heterocycles. The number of hydrogen-bond donors (Lipinski definition) is 0. The number of carbonyl (C=O) groups excluding carboxylic acids is 1. The van der Waals surface area contributed by atoms with Crippen LogP contribution in [0.25, 0.3) is 0 Å². The number of rotatable bonds is 12. The zero-order valence-electron chi connectivity index (χ0n) is 19.3. The van der Waals surface area contributed by atoms with Crippen molar-refractivity contribution in [3.8, 4) is 0 Å². The van der Waals surface area contributed by atoms with E-state index in [2.05, 4.69) is 0 Å². The van der Waals surface area contributed by atoms with Gasteiger partial charge in [-0.15, -0.1) is 0 Å². The molecule has 34 heavy (non-hydrogen) atoms. The second-order valence-electron chi connectivity index (χ2n) is 7.85. The zero-order valence-corrected chi connectivity index (χ0v) is 20.9. The molecule has 1 aromatic heterocycles. The van der Waals surface area contributed by atoms with Gasteiger partial charge in [-0.1, -0.05) is 41.9 Å². The average Bonchev–Trinajstić information content (AvgIpc) is 3.24. The highest BCUT2D eigenvalue weighted by atomic mass is 35.5. The number of ether oxygens (including phenoxy) is 1. The van der Waals surface area contributed by atoms with Crippen molar-refractivity contribution < 1.29 is 22.4 Å². The number of sulfonamides is 1. The molecule has 0 fully saturated rings. The second kappa shape index (κ2) is 12.2. The lowest BCUT2D eigenvalue weighted by atomic mass is 10.1. The second-order valence-corrected chi connectivity index (χ2v) is 10.2. The number of hydrogen-bond acceptors (Lipinski definition) is 5. The van der Waals surface area contributed by atoms with Gasteiger partial charge in [-0.05, 0) is 55.3 Å². The molecule has 7 nitrogen and oxygen atoms in total. The Morgan fingerprint density at radius 3 is 2.32 bits per heavy atom. The summed E-state index contributed by atoms with van der Waals surface area (Å²) in [7, 11) is -2.44. The van der Waals surface area contributed by atoms with Crippen LogP contribution in [0.4, 0.5) is 0 Å². The first-order valence-electron chi connectivity index (χ1n) is 10.9. The van der Waals surface area contributed by atoms with Crippen LogP contribution in [-0.2, 0) is 32.5 Å². The summed E-state index contributed by atoms with van der Waals surface area (Å²) in [5.74, 6) is 1.07. The number of carbonyl (C=O) groups is 1. The standard InChI is InChI=1S/C25H29ClN2O5S/c1-20-8-11-23(33-20)18-27(15-14-21-6-4-3-5-7-21)25(29)19-28(16-17-32-2)34(30,31)24-12-9-22(26)10-13-24/h3-13H,14-19H2,1-2H3. The molecule has 182 valence electrons. The topological polar surface area (TPSA) is 80.1 Å². The van der Waals surface area contributed by atoms with Gasteiger partial charge in [-0.2, -0.15) is 4.31 Å². The number of benzene rings is 2. The van der Waals surface area contributed by atoms with E-state index in [9.17, 15) is 13.2 Å². The SMILES string of the molecule is COCCN(CC(=O)N(CCc1ccccc1)Cc1ccc(C)o1)S(=O)(=O)c1ccc(Cl)cc1. The molecule has 0 saturated carbocycles. The quantitative estimate of drug-likeness (QED) is 0.370. The molecule has 0 radical (unpaired) electrons. The van der Waals surface area contributed by atoms with Gasteiger partial charge >= 0.3 is 0 Å². The minimum absolute atomic E-state index is 0.0413. The molecule has 3 aromatic rings. The Labute approximate surface area is 205 Å². The van der Waals surface area contributed by atoms with Crippen molar-refractivity contribution >= 4 is 27.5 Å². The molecule has 0 unspecified atom stereocenters. The van der Waals surface area contributed by atoms with Gasteiger partial charge in [-0.3, -0.25) is 4.79 Å². The Balaban J connectivity index is 1.81. The van der Waals surface area contributed by atoms with E-state index in [4.69, 9.17) is 20.8 Å². The van der Waals surface area contributed by atoms with Crippen molar-refractivity contribution in [3.05, 3.63) is 88.8 Å². The Bertz CT molecular complexity index is 1160. The third kappa shape index (κ3) is 7.17. The number of furan rings is 1. The van der Waals surface area contributed by atoms with Gasteiger partial charge in [0.25, 0.3) is 0 Å². The monoisotopic (exact) mass is 504 g/mol. The Morgan fingerprint density at radius 1 is 1.00 bits per heavy atom.